The van der Waals surface area contributed by atoms with Crippen molar-refractivity contribution < 1.29 is 18.7 Å². The molecule has 0 unspecified atom stereocenters. The number of pyridine rings is 1. The molecule has 3 N–H and O–H groups in total. The number of aromatic carboxylic acids is 1. The van der Waals surface area contributed by atoms with Crippen LogP contribution in [0.4, 0.5) is 14.6 Å². The van der Waals surface area contributed by atoms with Gasteiger partial charge in [-0.15, -0.1) is 0 Å². The molecule has 0 saturated heterocycles. The quantitative estimate of drug-likeness (QED) is 0.905. The van der Waals surface area contributed by atoms with Gasteiger partial charge in [0.1, 0.15) is 17.5 Å². The first-order chi connectivity index (χ1) is 8.97. The molecule has 1 aromatic carbocycles. The Labute approximate surface area is 111 Å². The Morgan fingerprint density at radius 3 is 2.68 bits per heavy atom. The lowest BCUT2D eigenvalue weighted by molar-refractivity contribution is 0.0693. The third-order valence-corrected chi connectivity index (χ3v) is 3.31. The molecule has 0 aliphatic rings. The number of carboxylic acid groups (broad SMARTS) is 1. The van der Waals surface area contributed by atoms with E-state index < -0.39 is 17.6 Å². The van der Waals surface area contributed by atoms with Gasteiger partial charge in [-0.05, 0) is 24.3 Å². The third kappa shape index (κ3) is 3.00. The number of anilines is 1. The lowest BCUT2D eigenvalue weighted by Gasteiger charge is -2.07. The molecule has 2 aromatic rings. The number of hydrogen-bond acceptors (Lipinski definition) is 4. The molecular formula is C12H8F2N2O2S. The highest BCUT2D eigenvalue weighted by atomic mass is 32.2. The zero-order chi connectivity index (χ0) is 14.0. The molecule has 0 amide bonds. The third-order valence-electron chi connectivity index (χ3n) is 2.23. The molecule has 1 heterocycles. The number of carboxylic acids is 1. The number of rotatable bonds is 3. The van der Waals surface area contributed by atoms with Crippen LogP contribution in [0.3, 0.4) is 0 Å². The van der Waals surface area contributed by atoms with Crippen molar-refractivity contribution in [1.29, 1.82) is 0 Å². The monoisotopic (exact) mass is 282 g/mol. The van der Waals surface area contributed by atoms with Crippen molar-refractivity contribution in [3.05, 3.63) is 47.7 Å². The number of nitrogens with zero attached hydrogens (tertiary/aromatic N) is 1. The molecule has 0 atom stereocenters. The molecule has 2 rings (SSSR count). The summed E-state index contributed by atoms with van der Waals surface area (Å²) < 4.78 is 26.5. The van der Waals surface area contributed by atoms with Gasteiger partial charge in [-0.3, -0.25) is 0 Å². The summed E-state index contributed by atoms with van der Waals surface area (Å²) in [5.41, 5.74) is 5.28. The van der Waals surface area contributed by atoms with E-state index >= 15 is 0 Å². The molecule has 0 aliphatic carbocycles. The Hall–Kier alpha value is -2.15. The smallest absolute Gasteiger partial charge is 0.337 e. The lowest BCUT2D eigenvalue weighted by Crippen LogP contribution is -2.02. The summed E-state index contributed by atoms with van der Waals surface area (Å²) in [5, 5.41) is 9.03. The van der Waals surface area contributed by atoms with Gasteiger partial charge in [0.05, 0.1) is 10.5 Å². The molecule has 98 valence electrons. The summed E-state index contributed by atoms with van der Waals surface area (Å²) in [7, 11) is 0. The Morgan fingerprint density at radius 1 is 1.26 bits per heavy atom. The topological polar surface area (TPSA) is 76.2 Å². The predicted molar refractivity (Wildman–Crippen MR) is 66.1 cm³/mol. The van der Waals surface area contributed by atoms with Gasteiger partial charge in [0, 0.05) is 11.1 Å². The zero-order valence-corrected chi connectivity index (χ0v) is 10.2. The van der Waals surface area contributed by atoms with Gasteiger partial charge in [0.15, 0.2) is 0 Å². The molecule has 19 heavy (non-hydrogen) atoms. The molecule has 0 spiro atoms. The average molecular weight is 282 g/mol. The van der Waals surface area contributed by atoms with Crippen molar-refractivity contribution in [1.82, 2.24) is 4.98 Å². The fourth-order valence-corrected chi connectivity index (χ4v) is 2.32. The van der Waals surface area contributed by atoms with Crippen molar-refractivity contribution in [3.8, 4) is 0 Å². The number of hydrogen-bond donors (Lipinski definition) is 2. The minimum atomic E-state index is -1.21. The van der Waals surface area contributed by atoms with Gasteiger partial charge in [-0.1, -0.05) is 11.8 Å². The molecule has 0 radical (unpaired) electrons. The highest BCUT2D eigenvalue weighted by Crippen LogP contribution is 2.32. The number of nitrogen functional groups attached to an aromatic ring is 1. The molecule has 0 aliphatic heterocycles. The molecular weight excluding hydrogens is 274 g/mol. The SMILES string of the molecule is Nc1cc(C(=O)O)c(Sc2cc(F)ccc2F)cn1. The molecule has 0 saturated carbocycles. The number of carbonyl (C=O) groups is 1. The lowest BCUT2D eigenvalue weighted by atomic mass is 10.2. The highest BCUT2D eigenvalue weighted by Gasteiger charge is 2.14. The summed E-state index contributed by atoms with van der Waals surface area (Å²) in [4.78, 5) is 15.0. The second kappa shape index (κ2) is 5.23. The predicted octanol–water partition coefficient (Wildman–Crippen LogP) is 2.79. The fourth-order valence-electron chi connectivity index (χ4n) is 1.38. The van der Waals surface area contributed by atoms with E-state index in [4.69, 9.17) is 10.8 Å². The fraction of sp³-hybridized carbons (Fsp3) is 0. The maximum Gasteiger partial charge on any atom is 0.337 e. The minimum absolute atomic E-state index is 0.0194. The van der Waals surface area contributed by atoms with E-state index in [0.29, 0.717) is 0 Å². The first-order valence-electron chi connectivity index (χ1n) is 5.09. The summed E-state index contributed by atoms with van der Waals surface area (Å²) >= 11 is 0.778. The molecule has 0 bridgehead atoms. The van der Waals surface area contributed by atoms with E-state index in [1.54, 1.807) is 0 Å². The van der Waals surface area contributed by atoms with Crippen molar-refractivity contribution in [3.63, 3.8) is 0 Å². The van der Waals surface area contributed by atoms with Crippen molar-refractivity contribution in [2.75, 3.05) is 5.73 Å². The van der Waals surface area contributed by atoms with Crippen LogP contribution in [0.1, 0.15) is 10.4 Å². The molecule has 7 heteroatoms. The average Bonchev–Trinajstić information content (AvgIpc) is 2.35. The molecule has 1 aromatic heterocycles. The maximum atomic E-state index is 13.5. The Kier molecular flexibility index (Phi) is 3.66. The Morgan fingerprint density at radius 2 is 2.00 bits per heavy atom. The van der Waals surface area contributed by atoms with E-state index in [9.17, 15) is 13.6 Å². The second-order valence-corrected chi connectivity index (χ2v) is 4.67. The molecule has 4 nitrogen and oxygen atoms in total. The standard InChI is InChI=1S/C12H8F2N2O2S/c13-6-1-2-8(14)9(3-6)19-10-5-16-11(15)4-7(10)12(17)18/h1-5H,(H2,15,16)(H,17,18). The normalized spacial score (nSPS) is 10.4. The highest BCUT2D eigenvalue weighted by molar-refractivity contribution is 7.99. The zero-order valence-electron chi connectivity index (χ0n) is 9.43. The number of benzene rings is 1. The molecule has 0 fully saturated rings. The Bertz CT molecular complexity index is 650. The summed E-state index contributed by atoms with van der Waals surface area (Å²) in [6, 6.07) is 4.12. The van der Waals surface area contributed by atoms with E-state index in [0.717, 1.165) is 30.0 Å². The van der Waals surface area contributed by atoms with Crippen molar-refractivity contribution in [2.45, 2.75) is 9.79 Å². The van der Waals surface area contributed by atoms with Crippen LogP contribution in [0.5, 0.6) is 0 Å². The van der Waals surface area contributed by atoms with Gasteiger partial charge >= 0.3 is 5.97 Å². The largest absolute Gasteiger partial charge is 0.478 e. The summed E-state index contributed by atoms with van der Waals surface area (Å²) in [6.07, 6.45) is 1.22. The van der Waals surface area contributed by atoms with Gasteiger partial charge in [-0.25, -0.2) is 18.6 Å². The van der Waals surface area contributed by atoms with Gasteiger partial charge in [-0.2, -0.15) is 0 Å². The summed E-state index contributed by atoms with van der Waals surface area (Å²) in [5.74, 6) is -2.42. The number of nitrogens with two attached hydrogens (primary N) is 1. The first kappa shape index (κ1) is 13.3. The van der Waals surface area contributed by atoms with Crippen LogP contribution < -0.4 is 5.73 Å². The minimum Gasteiger partial charge on any atom is -0.478 e. The van der Waals surface area contributed by atoms with Crippen molar-refractivity contribution in [2.24, 2.45) is 0 Å². The number of halogens is 2. The first-order valence-corrected chi connectivity index (χ1v) is 5.90. The van der Waals surface area contributed by atoms with E-state index in [1.165, 1.54) is 12.3 Å². The maximum absolute atomic E-state index is 13.5. The van der Waals surface area contributed by atoms with Crippen LogP contribution in [0.15, 0.2) is 40.3 Å². The van der Waals surface area contributed by atoms with E-state index in [2.05, 4.69) is 4.98 Å². The number of aromatic nitrogens is 1. The van der Waals surface area contributed by atoms with Gasteiger partial charge < -0.3 is 10.8 Å². The van der Waals surface area contributed by atoms with Crippen LogP contribution in [0.2, 0.25) is 0 Å². The Balaban J connectivity index is 2.43. The van der Waals surface area contributed by atoms with Crippen LogP contribution in [-0.4, -0.2) is 16.1 Å². The van der Waals surface area contributed by atoms with Crippen LogP contribution in [0.25, 0.3) is 0 Å². The van der Waals surface area contributed by atoms with Crippen LogP contribution in [0, 0.1) is 11.6 Å². The van der Waals surface area contributed by atoms with E-state index in [-0.39, 0.29) is 21.2 Å². The summed E-state index contributed by atoms with van der Waals surface area (Å²) in [6.45, 7) is 0. The van der Waals surface area contributed by atoms with Crippen LogP contribution in [-0.2, 0) is 0 Å². The van der Waals surface area contributed by atoms with Crippen LogP contribution >= 0.6 is 11.8 Å². The van der Waals surface area contributed by atoms with Gasteiger partial charge in [0.25, 0.3) is 0 Å². The second-order valence-electron chi connectivity index (χ2n) is 3.59. The van der Waals surface area contributed by atoms with E-state index in [1.807, 2.05) is 0 Å². The van der Waals surface area contributed by atoms with Crippen molar-refractivity contribution >= 4 is 23.5 Å². The van der Waals surface area contributed by atoms with Gasteiger partial charge in [0.2, 0.25) is 0 Å².